The Hall–Kier alpha value is -3.39. The normalized spacial score (nSPS) is 18.6. The van der Waals surface area contributed by atoms with E-state index in [9.17, 15) is 9.59 Å². The fraction of sp³-hybridized carbons (Fsp3) is 0.318. The second-order valence-corrected chi connectivity index (χ2v) is 7.55. The highest BCUT2D eigenvalue weighted by atomic mass is 16.5. The van der Waals surface area contributed by atoms with Crippen molar-refractivity contribution in [2.75, 3.05) is 13.2 Å². The predicted molar refractivity (Wildman–Crippen MR) is 109 cm³/mol. The van der Waals surface area contributed by atoms with Crippen LogP contribution in [-0.2, 0) is 21.6 Å². The Morgan fingerprint density at radius 2 is 2.00 bits per heavy atom. The number of aromatic nitrogens is 1. The summed E-state index contributed by atoms with van der Waals surface area (Å²) in [6.07, 6.45) is 2.10. The monoisotopic (exact) mass is 409 g/mol. The van der Waals surface area contributed by atoms with Gasteiger partial charge in [-0.25, -0.2) is 0 Å². The summed E-state index contributed by atoms with van der Waals surface area (Å²) in [5.41, 5.74) is 13.2. The summed E-state index contributed by atoms with van der Waals surface area (Å²) >= 11 is 0. The largest absolute Gasteiger partial charge is 0.488 e. The standard InChI is InChI=1S/C22H23N3O5/c1-12-3-4-14(9-25-12)10-29-16-6-5-15-18(17(20(23)26)13(2)30-15)19(16)22(21(24)27)7-8-28-11-22/h3-6,9H,7-8,10-11H2,1-2H3,(H2,23,26)(H2,24,27). The van der Waals surface area contributed by atoms with Crippen molar-refractivity contribution in [1.29, 1.82) is 0 Å². The van der Waals surface area contributed by atoms with Crippen LogP contribution in [-0.4, -0.2) is 30.0 Å². The minimum absolute atomic E-state index is 0.0896. The van der Waals surface area contributed by atoms with E-state index in [0.717, 1.165) is 11.3 Å². The molecule has 1 fully saturated rings. The number of hydrogen-bond donors (Lipinski definition) is 2. The minimum atomic E-state index is -1.15. The first kappa shape index (κ1) is 19.9. The molecular weight excluding hydrogens is 386 g/mol. The number of ether oxygens (including phenoxy) is 2. The van der Waals surface area contributed by atoms with Gasteiger partial charge in [0, 0.05) is 35.0 Å². The van der Waals surface area contributed by atoms with E-state index in [-0.39, 0.29) is 18.8 Å². The van der Waals surface area contributed by atoms with Crippen molar-refractivity contribution in [3.8, 4) is 5.75 Å². The Labute approximate surface area is 173 Å². The number of carbonyl (C=O) groups excluding carboxylic acids is 2. The van der Waals surface area contributed by atoms with Gasteiger partial charge in [-0.2, -0.15) is 0 Å². The Morgan fingerprint density at radius 1 is 1.20 bits per heavy atom. The number of hydrogen-bond acceptors (Lipinski definition) is 6. The highest BCUT2D eigenvalue weighted by Crippen LogP contribution is 2.45. The topological polar surface area (TPSA) is 131 Å². The number of pyridine rings is 1. The third kappa shape index (κ3) is 3.19. The molecule has 1 atom stereocenters. The second kappa shape index (κ2) is 7.46. The number of carbonyl (C=O) groups is 2. The van der Waals surface area contributed by atoms with Crippen LogP contribution in [0.2, 0.25) is 0 Å². The number of amides is 2. The molecule has 8 nitrogen and oxygen atoms in total. The van der Waals surface area contributed by atoms with E-state index in [1.54, 1.807) is 25.3 Å². The van der Waals surface area contributed by atoms with Gasteiger partial charge in [0.2, 0.25) is 5.91 Å². The number of benzene rings is 1. The Morgan fingerprint density at radius 3 is 2.60 bits per heavy atom. The summed E-state index contributed by atoms with van der Waals surface area (Å²) in [7, 11) is 0. The maximum Gasteiger partial charge on any atom is 0.252 e. The molecule has 156 valence electrons. The van der Waals surface area contributed by atoms with Gasteiger partial charge in [0.1, 0.15) is 29.1 Å². The fourth-order valence-electron chi connectivity index (χ4n) is 4.01. The Bertz CT molecular complexity index is 1130. The van der Waals surface area contributed by atoms with Crippen molar-refractivity contribution in [2.45, 2.75) is 32.3 Å². The third-order valence-electron chi connectivity index (χ3n) is 5.58. The molecule has 2 amide bonds. The highest BCUT2D eigenvalue weighted by Gasteiger charge is 2.47. The molecule has 0 radical (unpaired) electrons. The summed E-state index contributed by atoms with van der Waals surface area (Å²) in [5, 5.41) is 0.448. The number of aryl methyl sites for hydroxylation is 2. The molecule has 0 bridgehead atoms. The van der Waals surface area contributed by atoms with Crippen LogP contribution in [0, 0.1) is 13.8 Å². The van der Waals surface area contributed by atoms with Gasteiger partial charge in [-0.1, -0.05) is 6.07 Å². The second-order valence-electron chi connectivity index (χ2n) is 7.55. The SMILES string of the molecule is Cc1ccc(COc2ccc3oc(C)c(C(N)=O)c3c2C2(C(N)=O)CCOC2)cn1. The highest BCUT2D eigenvalue weighted by molar-refractivity contribution is 6.10. The molecule has 0 aliphatic carbocycles. The van der Waals surface area contributed by atoms with Crippen LogP contribution in [0.25, 0.3) is 11.0 Å². The molecule has 1 aromatic carbocycles. The third-order valence-corrected chi connectivity index (χ3v) is 5.58. The molecule has 8 heteroatoms. The van der Waals surface area contributed by atoms with Crippen molar-refractivity contribution in [3.63, 3.8) is 0 Å². The van der Waals surface area contributed by atoms with E-state index in [0.29, 0.717) is 41.1 Å². The average molecular weight is 409 g/mol. The zero-order valence-corrected chi connectivity index (χ0v) is 16.9. The van der Waals surface area contributed by atoms with Crippen molar-refractivity contribution >= 4 is 22.8 Å². The van der Waals surface area contributed by atoms with E-state index >= 15 is 0 Å². The summed E-state index contributed by atoms with van der Waals surface area (Å²) in [6.45, 7) is 4.24. The Kier molecular flexibility index (Phi) is 4.95. The molecule has 0 spiro atoms. The lowest BCUT2D eigenvalue weighted by Crippen LogP contribution is -2.42. The lowest BCUT2D eigenvalue weighted by molar-refractivity contribution is -0.123. The molecule has 3 aromatic rings. The average Bonchev–Trinajstić information content (AvgIpc) is 3.32. The van der Waals surface area contributed by atoms with Gasteiger partial charge >= 0.3 is 0 Å². The zero-order chi connectivity index (χ0) is 21.5. The summed E-state index contributed by atoms with van der Waals surface area (Å²) in [5.74, 6) is -0.401. The first-order chi connectivity index (χ1) is 14.3. The minimum Gasteiger partial charge on any atom is -0.488 e. The van der Waals surface area contributed by atoms with Crippen LogP contribution in [0.4, 0.5) is 0 Å². The maximum atomic E-state index is 12.6. The number of fused-ring (bicyclic) bond motifs is 1. The smallest absolute Gasteiger partial charge is 0.252 e. The van der Waals surface area contributed by atoms with Crippen molar-refractivity contribution in [1.82, 2.24) is 4.98 Å². The van der Waals surface area contributed by atoms with Gasteiger partial charge in [-0.3, -0.25) is 14.6 Å². The summed E-state index contributed by atoms with van der Waals surface area (Å²) in [6, 6.07) is 7.23. The van der Waals surface area contributed by atoms with Crippen molar-refractivity contribution < 1.29 is 23.5 Å². The van der Waals surface area contributed by atoms with E-state index in [4.69, 9.17) is 25.4 Å². The first-order valence-corrected chi connectivity index (χ1v) is 9.62. The van der Waals surface area contributed by atoms with Gasteiger partial charge < -0.3 is 25.4 Å². The van der Waals surface area contributed by atoms with Gasteiger partial charge in [0.25, 0.3) is 5.91 Å². The molecule has 1 unspecified atom stereocenters. The number of nitrogens with zero attached hydrogens (tertiary/aromatic N) is 1. The molecule has 4 rings (SSSR count). The molecular formula is C22H23N3O5. The fourth-order valence-corrected chi connectivity index (χ4v) is 4.01. The van der Waals surface area contributed by atoms with Gasteiger partial charge in [-0.15, -0.1) is 0 Å². The number of nitrogens with two attached hydrogens (primary N) is 2. The van der Waals surface area contributed by atoms with Crippen LogP contribution in [0.3, 0.4) is 0 Å². The van der Waals surface area contributed by atoms with Crippen LogP contribution in [0.15, 0.2) is 34.9 Å². The van der Waals surface area contributed by atoms with Crippen LogP contribution < -0.4 is 16.2 Å². The van der Waals surface area contributed by atoms with E-state index in [1.807, 2.05) is 19.1 Å². The van der Waals surface area contributed by atoms with Crippen molar-refractivity contribution in [2.24, 2.45) is 11.5 Å². The lowest BCUT2D eigenvalue weighted by Gasteiger charge is -2.27. The molecule has 1 aliphatic heterocycles. The number of furan rings is 1. The molecule has 1 aliphatic rings. The van der Waals surface area contributed by atoms with Crippen LogP contribution >= 0.6 is 0 Å². The van der Waals surface area contributed by atoms with E-state index in [2.05, 4.69) is 4.98 Å². The first-order valence-electron chi connectivity index (χ1n) is 9.62. The molecule has 4 N–H and O–H groups in total. The van der Waals surface area contributed by atoms with E-state index in [1.165, 1.54) is 0 Å². The molecule has 3 heterocycles. The predicted octanol–water partition coefficient (Wildman–Crippen LogP) is 2.27. The molecule has 0 saturated carbocycles. The number of primary amides is 2. The van der Waals surface area contributed by atoms with Gasteiger partial charge in [0.05, 0.1) is 12.2 Å². The van der Waals surface area contributed by atoms with Gasteiger partial charge in [-0.05, 0) is 38.5 Å². The summed E-state index contributed by atoms with van der Waals surface area (Å²) in [4.78, 5) is 29.1. The lowest BCUT2D eigenvalue weighted by atomic mass is 9.76. The molecule has 30 heavy (non-hydrogen) atoms. The van der Waals surface area contributed by atoms with E-state index < -0.39 is 17.2 Å². The van der Waals surface area contributed by atoms with Crippen LogP contribution in [0.1, 0.15) is 39.4 Å². The molecule has 1 saturated heterocycles. The number of rotatable bonds is 6. The van der Waals surface area contributed by atoms with Gasteiger partial charge in [0.15, 0.2) is 0 Å². The Balaban J connectivity index is 1.91. The maximum absolute atomic E-state index is 12.6. The zero-order valence-electron chi connectivity index (χ0n) is 16.9. The summed E-state index contributed by atoms with van der Waals surface area (Å²) < 4.78 is 17.4. The van der Waals surface area contributed by atoms with Crippen LogP contribution in [0.5, 0.6) is 5.75 Å². The molecule has 2 aromatic heterocycles. The van der Waals surface area contributed by atoms with Crippen molar-refractivity contribution in [3.05, 3.63) is 58.6 Å². The quantitative estimate of drug-likeness (QED) is 0.642.